The smallest absolute Gasteiger partial charge is 0.119 e. The molecule has 1 aliphatic rings. The standard InChI is InChI=1S/C17H19NO2/c19-17(10-11-18-13-17)15-6-8-16(9-7-15)20-12-14-4-2-1-3-5-14/h1-9,18-19H,10-13H2. The molecular formula is C17H19NO2. The van der Waals surface area contributed by atoms with Gasteiger partial charge in [0.05, 0.1) is 0 Å². The highest BCUT2D eigenvalue weighted by molar-refractivity contribution is 5.32. The second-order valence-electron chi connectivity index (χ2n) is 5.26. The van der Waals surface area contributed by atoms with E-state index in [1.807, 2.05) is 54.6 Å². The molecule has 2 aromatic carbocycles. The fourth-order valence-electron chi connectivity index (χ4n) is 2.53. The van der Waals surface area contributed by atoms with Crippen LogP contribution in [0.2, 0.25) is 0 Å². The lowest BCUT2D eigenvalue weighted by molar-refractivity contribution is 0.0587. The van der Waals surface area contributed by atoms with Crippen LogP contribution in [0.1, 0.15) is 17.5 Å². The van der Waals surface area contributed by atoms with Crippen molar-refractivity contribution in [3.05, 3.63) is 65.7 Å². The van der Waals surface area contributed by atoms with Gasteiger partial charge in [-0.3, -0.25) is 0 Å². The monoisotopic (exact) mass is 269 g/mol. The van der Waals surface area contributed by atoms with E-state index < -0.39 is 5.60 Å². The summed E-state index contributed by atoms with van der Waals surface area (Å²) in [6, 6.07) is 17.8. The molecule has 20 heavy (non-hydrogen) atoms. The van der Waals surface area contributed by atoms with E-state index in [9.17, 15) is 5.11 Å². The number of hydrogen-bond acceptors (Lipinski definition) is 3. The Bertz CT molecular complexity index is 545. The molecule has 2 N–H and O–H groups in total. The van der Waals surface area contributed by atoms with Gasteiger partial charge in [-0.15, -0.1) is 0 Å². The van der Waals surface area contributed by atoms with Gasteiger partial charge in [0.2, 0.25) is 0 Å². The average molecular weight is 269 g/mol. The number of benzene rings is 2. The maximum Gasteiger partial charge on any atom is 0.119 e. The summed E-state index contributed by atoms with van der Waals surface area (Å²) in [7, 11) is 0. The predicted molar refractivity (Wildman–Crippen MR) is 78.6 cm³/mol. The second kappa shape index (κ2) is 5.65. The Kier molecular flexibility index (Phi) is 3.72. The number of ether oxygens (including phenoxy) is 1. The second-order valence-corrected chi connectivity index (χ2v) is 5.26. The summed E-state index contributed by atoms with van der Waals surface area (Å²) in [5.41, 5.74) is 1.38. The molecule has 3 rings (SSSR count). The number of nitrogens with one attached hydrogen (secondary N) is 1. The van der Waals surface area contributed by atoms with Crippen molar-refractivity contribution >= 4 is 0 Å². The number of aliphatic hydroxyl groups is 1. The largest absolute Gasteiger partial charge is 0.489 e. The summed E-state index contributed by atoms with van der Waals surface area (Å²) in [6.45, 7) is 2.05. The van der Waals surface area contributed by atoms with Crippen molar-refractivity contribution in [3.8, 4) is 5.75 Å². The maximum absolute atomic E-state index is 10.5. The molecule has 0 radical (unpaired) electrons. The van der Waals surface area contributed by atoms with Crippen LogP contribution in [0.3, 0.4) is 0 Å². The van der Waals surface area contributed by atoms with Crippen LogP contribution in [0.4, 0.5) is 0 Å². The SMILES string of the molecule is OC1(c2ccc(OCc3ccccc3)cc2)CCNC1. The van der Waals surface area contributed by atoms with Crippen LogP contribution < -0.4 is 10.1 Å². The molecule has 1 aliphatic heterocycles. The molecule has 0 aromatic heterocycles. The van der Waals surface area contributed by atoms with E-state index >= 15 is 0 Å². The molecule has 0 amide bonds. The summed E-state index contributed by atoms with van der Waals surface area (Å²) in [5.74, 6) is 0.826. The highest BCUT2D eigenvalue weighted by Crippen LogP contribution is 2.29. The third-order valence-corrected chi connectivity index (χ3v) is 3.77. The first kappa shape index (κ1) is 13.2. The van der Waals surface area contributed by atoms with Gasteiger partial charge in [-0.1, -0.05) is 42.5 Å². The van der Waals surface area contributed by atoms with Crippen molar-refractivity contribution in [2.45, 2.75) is 18.6 Å². The van der Waals surface area contributed by atoms with Gasteiger partial charge in [-0.2, -0.15) is 0 Å². The van der Waals surface area contributed by atoms with Gasteiger partial charge in [-0.25, -0.2) is 0 Å². The van der Waals surface area contributed by atoms with Gasteiger partial charge in [0.1, 0.15) is 18.0 Å². The summed E-state index contributed by atoms with van der Waals surface area (Å²) in [6.07, 6.45) is 0.761. The zero-order valence-corrected chi connectivity index (χ0v) is 11.4. The Morgan fingerprint density at radius 2 is 1.80 bits per heavy atom. The molecule has 3 nitrogen and oxygen atoms in total. The lowest BCUT2D eigenvalue weighted by Crippen LogP contribution is -2.28. The van der Waals surface area contributed by atoms with Gasteiger partial charge in [0, 0.05) is 6.54 Å². The summed E-state index contributed by atoms with van der Waals surface area (Å²) in [4.78, 5) is 0. The fourth-order valence-corrected chi connectivity index (χ4v) is 2.53. The van der Waals surface area contributed by atoms with Gasteiger partial charge in [0.15, 0.2) is 0 Å². The van der Waals surface area contributed by atoms with Gasteiger partial charge in [0.25, 0.3) is 0 Å². The van der Waals surface area contributed by atoms with Crippen LogP contribution in [0, 0.1) is 0 Å². The molecule has 1 fully saturated rings. The van der Waals surface area contributed by atoms with E-state index in [4.69, 9.17) is 4.74 Å². The molecule has 2 aromatic rings. The van der Waals surface area contributed by atoms with E-state index in [1.54, 1.807) is 0 Å². The van der Waals surface area contributed by atoms with Crippen LogP contribution in [0.15, 0.2) is 54.6 Å². The van der Waals surface area contributed by atoms with E-state index in [2.05, 4.69) is 5.32 Å². The first-order valence-electron chi connectivity index (χ1n) is 6.97. The molecule has 1 saturated heterocycles. The summed E-state index contributed by atoms with van der Waals surface area (Å²) >= 11 is 0. The lowest BCUT2D eigenvalue weighted by atomic mass is 9.93. The zero-order valence-electron chi connectivity index (χ0n) is 11.4. The Balaban J connectivity index is 1.64. The summed E-state index contributed by atoms with van der Waals surface area (Å²) < 4.78 is 5.75. The predicted octanol–water partition coefficient (Wildman–Crippen LogP) is 2.45. The van der Waals surface area contributed by atoms with Crippen molar-refractivity contribution in [2.75, 3.05) is 13.1 Å². The zero-order chi connectivity index (χ0) is 13.8. The highest BCUT2D eigenvalue weighted by Gasteiger charge is 2.32. The fraction of sp³-hybridized carbons (Fsp3) is 0.294. The van der Waals surface area contributed by atoms with Gasteiger partial charge >= 0.3 is 0 Å². The Morgan fingerprint density at radius 3 is 2.45 bits per heavy atom. The van der Waals surface area contributed by atoms with E-state index in [0.717, 1.165) is 29.8 Å². The normalized spacial score (nSPS) is 21.9. The Labute approximate surface area is 119 Å². The Hall–Kier alpha value is -1.84. The van der Waals surface area contributed by atoms with Crippen LogP contribution in [0.25, 0.3) is 0 Å². The minimum absolute atomic E-state index is 0.562. The molecular weight excluding hydrogens is 250 g/mol. The van der Waals surface area contributed by atoms with Crippen molar-refractivity contribution in [1.82, 2.24) is 5.32 Å². The van der Waals surface area contributed by atoms with Crippen LogP contribution in [-0.4, -0.2) is 18.2 Å². The average Bonchev–Trinajstić information content (AvgIpc) is 2.95. The lowest BCUT2D eigenvalue weighted by Gasteiger charge is -2.22. The maximum atomic E-state index is 10.5. The molecule has 0 bridgehead atoms. The minimum Gasteiger partial charge on any atom is -0.489 e. The van der Waals surface area contributed by atoms with E-state index in [1.165, 1.54) is 0 Å². The minimum atomic E-state index is -0.724. The molecule has 0 saturated carbocycles. The van der Waals surface area contributed by atoms with Crippen LogP contribution in [0.5, 0.6) is 5.75 Å². The first-order chi connectivity index (χ1) is 9.76. The molecule has 1 heterocycles. The van der Waals surface area contributed by atoms with E-state index in [0.29, 0.717) is 13.2 Å². The van der Waals surface area contributed by atoms with Crippen molar-refractivity contribution in [2.24, 2.45) is 0 Å². The van der Waals surface area contributed by atoms with Crippen molar-refractivity contribution < 1.29 is 9.84 Å². The van der Waals surface area contributed by atoms with E-state index in [-0.39, 0.29) is 0 Å². The van der Waals surface area contributed by atoms with Crippen molar-refractivity contribution in [3.63, 3.8) is 0 Å². The van der Waals surface area contributed by atoms with Crippen LogP contribution >= 0.6 is 0 Å². The highest BCUT2D eigenvalue weighted by atomic mass is 16.5. The number of rotatable bonds is 4. The quantitative estimate of drug-likeness (QED) is 0.896. The molecule has 0 aliphatic carbocycles. The third kappa shape index (κ3) is 2.84. The van der Waals surface area contributed by atoms with Gasteiger partial charge < -0.3 is 15.2 Å². The molecule has 104 valence electrons. The number of β-amino-alcohol motifs (C(OH)–C–C–N with tert-alkyl or cyclic N) is 1. The molecule has 1 unspecified atom stereocenters. The van der Waals surface area contributed by atoms with Crippen LogP contribution in [-0.2, 0) is 12.2 Å². The summed E-state index contributed by atoms with van der Waals surface area (Å²) in [5, 5.41) is 13.6. The van der Waals surface area contributed by atoms with Crippen molar-refractivity contribution in [1.29, 1.82) is 0 Å². The molecule has 0 spiro atoms. The molecule has 3 heteroatoms. The molecule has 1 atom stereocenters. The third-order valence-electron chi connectivity index (χ3n) is 3.77. The number of hydrogen-bond donors (Lipinski definition) is 2. The topological polar surface area (TPSA) is 41.5 Å². The Morgan fingerprint density at radius 1 is 1.05 bits per heavy atom. The van der Waals surface area contributed by atoms with Gasteiger partial charge in [-0.05, 0) is 36.2 Å². The first-order valence-corrected chi connectivity index (χ1v) is 6.97.